The molecule has 130 valence electrons. The highest BCUT2D eigenvalue weighted by molar-refractivity contribution is 6.42. The Morgan fingerprint density at radius 3 is 2.62 bits per heavy atom. The summed E-state index contributed by atoms with van der Waals surface area (Å²) in [6, 6.07) is 5.16. The molecule has 24 heavy (non-hydrogen) atoms. The zero-order valence-electron chi connectivity index (χ0n) is 13.6. The van der Waals surface area contributed by atoms with Crippen molar-refractivity contribution in [3.05, 3.63) is 33.8 Å². The van der Waals surface area contributed by atoms with Gasteiger partial charge in [-0.25, -0.2) is 9.69 Å². The van der Waals surface area contributed by atoms with Gasteiger partial charge in [0.15, 0.2) is 0 Å². The highest BCUT2D eigenvalue weighted by Crippen LogP contribution is 2.34. The minimum atomic E-state index is -0.677. The number of nitrogens with zero attached hydrogens (tertiary/aromatic N) is 2. The maximum Gasteiger partial charge on any atom is 0.326 e. The van der Waals surface area contributed by atoms with E-state index < -0.39 is 5.54 Å². The Bertz CT molecular complexity index is 659. The Labute approximate surface area is 151 Å². The number of rotatable bonds is 4. The monoisotopic (exact) mass is 369 g/mol. The van der Waals surface area contributed by atoms with Crippen LogP contribution in [0.25, 0.3) is 0 Å². The summed E-state index contributed by atoms with van der Waals surface area (Å²) in [6.45, 7) is 0.735. The van der Waals surface area contributed by atoms with Crippen LogP contribution in [-0.2, 0) is 11.3 Å². The molecule has 3 rings (SSSR count). The predicted octanol–water partition coefficient (Wildman–Crippen LogP) is 3.64. The predicted molar refractivity (Wildman–Crippen MR) is 94.0 cm³/mol. The smallest absolute Gasteiger partial charge is 0.323 e. The number of hydrogen-bond acceptors (Lipinski definition) is 3. The fourth-order valence-electron chi connectivity index (χ4n) is 3.55. The number of benzene rings is 1. The number of carbonyl (C=O) groups excluding carboxylic acids is 2. The van der Waals surface area contributed by atoms with E-state index in [1.165, 1.54) is 4.90 Å². The van der Waals surface area contributed by atoms with E-state index in [1.807, 2.05) is 24.1 Å². The number of urea groups is 1. The molecule has 1 saturated carbocycles. The third-order valence-electron chi connectivity index (χ3n) is 4.81. The molecule has 0 unspecified atom stereocenters. The second-order valence-electron chi connectivity index (χ2n) is 6.67. The number of halogens is 2. The molecule has 1 aliphatic carbocycles. The second kappa shape index (κ2) is 6.90. The molecular weight excluding hydrogens is 349 g/mol. The van der Waals surface area contributed by atoms with E-state index in [9.17, 15) is 9.59 Å². The molecule has 1 saturated heterocycles. The summed E-state index contributed by atoms with van der Waals surface area (Å²) in [6.07, 6.45) is 4.55. The van der Waals surface area contributed by atoms with E-state index >= 15 is 0 Å². The van der Waals surface area contributed by atoms with E-state index in [0.29, 0.717) is 16.6 Å². The van der Waals surface area contributed by atoms with Crippen molar-refractivity contribution in [1.82, 2.24) is 15.1 Å². The van der Waals surface area contributed by atoms with Crippen molar-refractivity contribution in [3.63, 3.8) is 0 Å². The molecule has 3 amide bonds. The number of nitrogens with one attached hydrogen (secondary N) is 1. The van der Waals surface area contributed by atoms with Gasteiger partial charge in [-0.15, -0.1) is 0 Å². The Balaban J connectivity index is 1.68. The molecule has 1 N–H and O–H groups in total. The van der Waals surface area contributed by atoms with Crippen molar-refractivity contribution in [1.29, 1.82) is 0 Å². The van der Waals surface area contributed by atoms with E-state index in [0.717, 1.165) is 37.7 Å². The van der Waals surface area contributed by atoms with Gasteiger partial charge >= 0.3 is 6.03 Å². The lowest BCUT2D eigenvalue weighted by molar-refractivity contribution is -0.133. The zero-order chi connectivity index (χ0) is 17.3. The SMILES string of the molecule is CN(Cc1cccc(Cl)c1Cl)CN1C(=O)NC2(CCCCC2)C1=O. The first kappa shape index (κ1) is 17.5. The summed E-state index contributed by atoms with van der Waals surface area (Å²) in [4.78, 5) is 28.3. The van der Waals surface area contributed by atoms with Gasteiger partial charge in [-0.1, -0.05) is 54.6 Å². The van der Waals surface area contributed by atoms with Gasteiger partial charge in [-0.3, -0.25) is 9.69 Å². The number of carbonyl (C=O) groups is 2. The van der Waals surface area contributed by atoms with Crippen molar-refractivity contribution < 1.29 is 9.59 Å². The van der Waals surface area contributed by atoms with Crippen LogP contribution in [-0.4, -0.2) is 41.0 Å². The quantitative estimate of drug-likeness (QED) is 0.824. The van der Waals surface area contributed by atoms with Crippen molar-refractivity contribution in [2.75, 3.05) is 13.7 Å². The first-order chi connectivity index (χ1) is 11.4. The Morgan fingerprint density at radius 2 is 1.92 bits per heavy atom. The van der Waals surface area contributed by atoms with Crippen LogP contribution in [0.2, 0.25) is 10.0 Å². The molecule has 2 aliphatic rings. The molecule has 1 heterocycles. The third-order valence-corrected chi connectivity index (χ3v) is 5.67. The highest BCUT2D eigenvalue weighted by Gasteiger charge is 2.51. The first-order valence-corrected chi connectivity index (χ1v) is 8.94. The Hall–Kier alpha value is -1.30. The fourth-order valence-corrected chi connectivity index (χ4v) is 3.93. The minimum Gasteiger partial charge on any atom is -0.323 e. The van der Waals surface area contributed by atoms with E-state index in [-0.39, 0.29) is 18.6 Å². The van der Waals surface area contributed by atoms with Crippen LogP contribution in [0.1, 0.15) is 37.7 Å². The first-order valence-electron chi connectivity index (χ1n) is 8.18. The van der Waals surface area contributed by atoms with Crippen molar-refractivity contribution >= 4 is 35.1 Å². The van der Waals surface area contributed by atoms with E-state index in [2.05, 4.69) is 5.32 Å². The van der Waals surface area contributed by atoms with Crippen LogP contribution in [0, 0.1) is 0 Å². The van der Waals surface area contributed by atoms with Gasteiger partial charge in [0, 0.05) is 6.54 Å². The van der Waals surface area contributed by atoms with Crippen LogP contribution in [0.5, 0.6) is 0 Å². The van der Waals surface area contributed by atoms with Crippen LogP contribution < -0.4 is 5.32 Å². The van der Waals surface area contributed by atoms with Crippen LogP contribution >= 0.6 is 23.2 Å². The lowest BCUT2D eigenvalue weighted by Gasteiger charge is -2.31. The van der Waals surface area contributed by atoms with Crippen LogP contribution in [0.3, 0.4) is 0 Å². The molecule has 1 spiro atoms. The average molecular weight is 370 g/mol. The molecule has 0 aromatic heterocycles. The van der Waals surface area contributed by atoms with Crippen LogP contribution in [0.4, 0.5) is 4.79 Å². The van der Waals surface area contributed by atoms with Gasteiger partial charge in [-0.2, -0.15) is 0 Å². The average Bonchev–Trinajstić information content (AvgIpc) is 2.77. The minimum absolute atomic E-state index is 0.101. The summed E-state index contributed by atoms with van der Waals surface area (Å²) in [5.74, 6) is -0.101. The molecule has 1 aromatic carbocycles. The van der Waals surface area contributed by atoms with Gasteiger partial charge in [-0.05, 0) is 31.5 Å². The van der Waals surface area contributed by atoms with E-state index in [1.54, 1.807) is 6.07 Å². The van der Waals surface area contributed by atoms with Crippen LogP contribution in [0.15, 0.2) is 18.2 Å². The lowest BCUT2D eigenvalue weighted by Crippen LogP contribution is -2.48. The second-order valence-corrected chi connectivity index (χ2v) is 7.46. The molecule has 1 aromatic rings. The molecule has 0 atom stereocenters. The summed E-state index contributed by atoms with van der Waals surface area (Å²) < 4.78 is 0. The fraction of sp³-hybridized carbons (Fsp3) is 0.529. The molecule has 1 aliphatic heterocycles. The maximum atomic E-state index is 12.8. The molecular formula is C17H21Cl2N3O2. The lowest BCUT2D eigenvalue weighted by atomic mass is 9.82. The van der Waals surface area contributed by atoms with E-state index in [4.69, 9.17) is 23.2 Å². The maximum absolute atomic E-state index is 12.8. The van der Waals surface area contributed by atoms with Gasteiger partial charge in [0.05, 0.1) is 16.7 Å². The summed E-state index contributed by atoms with van der Waals surface area (Å²) in [5.41, 5.74) is 0.190. The van der Waals surface area contributed by atoms with Crippen molar-refractivity contribution in [3.8, 4) is 0 Å². The summed E-state index contributed by atoms with van der Waals surface area (Å²) in [7, 11) is 1.85. The molecule has 0 radical (unpaired) electrons. The van der Waals surface area contributed by atoms with Gasteiger partial charge in [0.2, 0.25) is 0 Å². The normalized spacial score (nSPS) is 20.1. The number of amides is 3. The molecule has 5 nitrogen and oxygen atoms in total. The van der Waals surface area contributed by atoms with Gasteiger partial charge in [0.25, 0.3) is 5.91 Å². The van der Waals surface area contributed by atoms with Gasteiger partial charge in [0.1, 0.15) is 5.54 Å². The highest BCUT2D eigenvalue weighted by atomic mass is 35.5. The third kappa shape index (κ3) is 3.25. The zero-order valence-corrected chi connectivity index (χ0v) is 15.2. The molecule has 7 heteroatoms. The summed E-state index contributed by atoms with van der Waals surface area (Å²) >= 11 is 12.2. The Morgan fingerprint density at radius 1 is 1.21 bits per heavy atom. The van der Waals surface area contributed by atoms with Gasteiger partial charge < -0.3 is 5.32 Å². The van der Waals surface area contributed by atoms with Crippen molar-refractivity contribution in [2.24, 2.45) is 0 Å². The summed E-state index contributed by atoms with van der Waals surface area (Å²) in [5, 5.41) is 3.93. The van der Waals surface area contributed by atoms with Crippen molar-refractivity contribution in [2.45, 2.75) is 44.2 Å². The number of hydrogen-bond donors (Lipinski definition) is 1. The number of imide groups is 1. The topological polar surface area (TPSA) is 52.6 Å². The Kier molecular flexibility index (Phi) is 5.04. The standard InChI is InChI=1S/C17H21Cl2N3O2/c1-21(10-12-6-5-7-13(18)14(12)19)11-22-15(23)17(20-16(22)24)8-3-2-4-9-17/h5-7H,2-4,8-11H2,1H3,(H,20,24). The largest absolute Gasteiger partial charge is 0.326 e. The molecule has 2 fully saturated rings. The molecule has 0 bridgehead atoms.